The molecule has 118 valence electrons. The van der Waals surface area contributed by atoms with Crippen molar-refractivity contribution in [3.63, 3.8) is 0 Å². The molecule has 1 aliphatic heterocycles. The Hall–Kier alpha value is -0.500. The van der Waals surface area contributed by atoms with E-state index < -0.39 is 15.8 Å². The van der Waals surface area contributed by atoms with Gasteiger partial charge in [0.25, 0.3) is 0 Å². The zero-order valence-corrected chi connectivity index (χ0v) is 14.2. The van der Waals surface area contributed by atoms with Crippen molar-refractivity contribution in [1.29, 1.82) is 0 Å². The Morgan fingerprint density at radius 2 is 1.86 bits per heavy atom. The standard InChI is InChI=1S/C14H20BrFN2O2S/c15-13-11-12(16)5-6-14(13)21(19,20)17-7-10-18-8-3-1-2-4-9-18/h5-6,11,17H,1-4,7-10H2. The SMILES string of the molecule is O=S(=O)(NCCN1CCCCCC1)c1ccc(F)cc1Br. The fraction of sp³-hybridized carbons (Fsp3) is 0.571. The summed E-state index contributed by atoms with van der Waals surface area (Å²) in [7, 11) is -3.61. The van der Waals surface area contributed by atoms with Crippen LogP contribution in [0.2, 0.25) is 0 Å². The lowest BCUT2D eigenvalue weighted by Crippen LogP contribution is -2.35. The smallest absolute Gasteiger partial charge is 0.241 e. The van der Waals surface area contributed by atoms with Crippen molar-refractivity contribution >= 4 is 26.0 Å². The molecule has 0 atom stereocenters. The number of hydrogen-bond acceptors (Lipinski definition) is 3. The van der Waals surface area contributed by atoms with Gasteiger partial charge in [0.2, 0.25) is 10.0 Å². The van der Waals surface area contributed by atoms with E-state index in [-0.39, 0.29) is 9.37 Å². The summed E-state index contributed by atoms with van der Waals surface area (Å²) in [6.07, 6.45) is 4.86. The molecule has 0 spiro atoms. The Balaban J connectivity index is 1.91. The van der Waals surface area contributed by atoms with Gasteiger partial charge in [0.15, 0.2) is 0 Å². The lowest BCUT2D eigenvalue weighted by Gasteiger charge is -2.19. The molecule has 1 aromatic carbocycles. The molecule has 4 nitrogen and oxygen atoms in total. The number of halogens is 2. The first-order valence-corrected chi connectivity index (χ1v) is 9.44. The summed E-state index contributed by atoms with van der Waals surface area (Å²) in [6, 6.07) is 3.57. The van der Waals surface area contributed by atoms with Gasteiger partial charge in [-0.05, 0) is 60.1 Å². The molecule has 0 radical (unpaired) electrons. The van der Waals surface area contributed by atoms with Crippen LogP contribution in [0.4, 0.5) is 4.39 Å². The van der Waals surface area contributed by atoms with Crippen LogP contribution in [0.5, 0.6) is 0 Å². The van der Waals surface area contributed by atoms with Crippen LogP contribution in [0.3, 0.4) is 0 Å². The van der Waals surface area contributed by atoms with Gasteiger partial charge in [-0.1, -0.05) is 12.8 Å². The Morgan fingerprint density at radius 1 is 1.19 bits per heavy atom. The molecule has 7 heteroatoms. The summed E-state index contributed by atoms with van der Waals surface area (Å²) >= 11 is 3.09. The topological polar surface area (TPSA) is 49.4 Å². The number of hydrogen-bond donors (Lipinski definition) is 1. The highest BCUT2D eigenvalue weighted by atomic mass is 79.9. The van der Waals surface area contributed by atoms with Gasteiger partial charge in [0.1, 0.15) is 5.82 Å². The maximum absolute atomic E-state index is 13.0. The van der Waals surface area contributed by atoms with Gasteiger partial charge in [-0.15, -0.1) is 0 Å². The minimum atomic E-state index is -3.61. The van der Waals surface area contributed by atoms with Crippen molar-refractivity contribution < 1.29 is 12.8 Å². The maximum atomic E-state index is 13.0. The minimum Gasteiger partial charge on any atom is -0.302 e. The van der Waals surface area contributed by atoms with E-state index in [0.29, 0.717) is 13.1 Å². The first-order valence-electron chi connectivity index (χ1n) is 7.16. The predicted molar refractivity (Wildman–Crippen MR) is 84.2 cm³/mol. The molecule has 0 amide bonds. The molecule has 1 aliphatic rings. The molecule has 0 unspecified atom stereocenters. The summed E-state index contributed by atoms with van der Waals surface area (Å²) in [5.74, 6) is -0.467. The van der Waals surface area contributed by atoms with E-state index >= 15 is 0 Å². The third-order valence-corrected chi connectivity index (χ3v) is 6.04. The normalized spacial score (nSPS) is 17.6. The van der Waals surface area contributed by atoms with Gasteiger partial charge < -0.3 is 4.90 Å². The maximum Gasteiger partial charge on any atom is 0.241 e. The molecular weight excluding hydrogens is 359 g/mol. The Labute approximate surface area is 133 Å². The van der Waals surface area contributed by atoms with Crippen molar-refractivity contribution in [2.75, 3.05) is 26.2 Å². The molecule has 0 saturated carbocycles. The quantitative estimate of drug-likeness (QED) is 0.856. The average molecular weight is 379 g/mol. The monoisotopic (exact) mass is 378 g/mol. The number of nitrogens with zero attached hydrogens (tertiary/aromatic N) is 1. The molecule has 1 heterocycles. The van der Waals surface area contributed by atoms with E-state index in [1.54, 1.807) is 0 Å². The molecule has 1 fully saturated rings. The number of rotatable bonds is 5. The van der Waals surface area contributed by atoms with E-state index in [1.807, 2.05) is 0 Å². The molecule has 0 aromatic heterocycles. The Kier molecular flexibility index (Phi) is 6.16. The first-order chi connectivity index (χ1) is 9.99. The Morgan fingerprint density at radius 3 is 2.48 bits per heavy atom. The lowest BCUT2D eigenvalue weighted by molar-refractivity contribution is 0.290. The third kappa shape index (κ3) is 5.02. The van der Waals surface area contributed by atoms with Crippen LogP contribution >= 0.6 is 15.9 Å². The number of sulfonamides is 1. The molecule has 21 heavy (non-hydrogen) atoms. The Bertz CT molecular complexity index is 572. The largest absolute Gasteiger partial charge is 0.302 e. The van der Waals surface area contributed by atoms with E-state index in [4.69, 9.17) is 0 Å². The van der Waals surface area contributed by atoms with Gasteiger partial charge >= 0.3 is 0 Å². The fourth-order valence-corrected chi connectivity index (χ4v) is 4.54. The summed E-state index contributed by atoms with van der Waals surface area (Å²) in [6.45, 7) is 3.13. The minimum absolute atomic E-state index is 0.0692. The van der Waals surface area contributed by atoms with Crippen molar-refractivity contribution in [3.8, 4) is 0 Å². The van der Waals surface area contributed by atoms with Gasteiger partial charge in [0.05, 0.1) is 4.90 Å². The van der Waals surface area contributed by atoms with Crippen LogP contribution in [-0.4, -0.2) is 39.5 Å². The molecule has 1 saturated heterocycles. The second-order valence-corrected chi connectivity index (χ2v) is 7.82. The van der Waals surface area contributed by atoms with E-state index in [0.717, 1.165) is 25.2 Å². The van der Waals surface area contributed by atoms with Crippen LogP contribution in [0.25, 0.3) is 0 Å². The first kappa shape index (κ1) is 16.9. The highest BCUT2D eigenvalue weighted by Crippen LogP contribution is 2.22. The third-order valence-electron chi connectivity index (χ3n) is 3.60. The van der Waals surface area contributed by atoms with Crippen molar-refractivity contribution in [3.05, 3.63) is 28.5 Å². The zero-order chi connectivity index (χ0) is 15.3. The summed E-state index contributed by atoms with van der Waals surface area (Å²) in [5.41, 5.74) is 0. The summed E-state index contributed by atoms with van der Waals surface area (Å²) < 4.78 is 40.2. The molecular formula is C14H20BrFN2O2S. The predicted octanol–water partition coefficient (Wildman–Crippen LogP) is 2.74. The van der Waals surface area contributed by atoms with Crippen LogP contribution in [0, 0.1) is 5.82 Å². The summed E-state index contributed by atoms with van der Waals surface area (Å²) in [5, 5.41) is 0. The van der Waals surface area contributed by atoms with Gasteiger partial charge in [-0.2, -0.15) is 0 Å². The molecule has 1 aromatic rings. The highest BCUT2D eigenvalue weighted by molar-refractivity contribution is 9.10. The van der Waals surface area contributed by atoms with E-state index in [2.05, 4.69) is 25.6 Å². The zero-order valence-electron chi connectivity index (χ0n) is 11.8. The second-order valence-electron chi connectivity index (χ2n) is 5.23. The number of benzene rings is 1. The molecule has 0 aliphatic carbocycles. The van der Waals surface area contributed by atoms with Crippen LogP contribution in [-0.2, 0) is 10.0 Å². The molecule has 0 bridgehead atoms. The van der Waals surface area contributed by atoms with Gasteiger partial charge in [0, 0.05) is 17.6 Å². The second kappa shape index (κ2) is 7.67. The van der Waals surface area contributed by atoms with Crippen molar-refractivity contribution in [2.45, 2.75) is 30.6 Å². The van der Waals surface area contributed by atoms with Gasteiger partial charge in [-0.3, -0.25) is 0 Å². The number of nitrogens with one attached hydrogen (secondary N) is 1. The van der Waals surface area contributed by atoms with E-state index in [9.17, 15) is 12.8 Å². The highest BCUT2D eigenvalue weighted by Gasteiger charge is 2.18. The fourth-order valence-electron chi connectivity index (χ4n) is 2.47. The van der Waals surface area contributed by atoms with Crippen LogP contribution < -0.4 is 4.72 Å². The van der Waals surface area contributed by atoms with E-state index in [1.165, 1.54) is 31.7 Å². The molecule has 1 N–H and O–H groups in total. The van der Waals surface area contributed by atoms with Crippen LogP contribution in [0.1, 0.15) is 25.7 Å². The van der Waals surface area contributed by atoms with Crippen molar-refractivity contribution in [2.24, 2.45) is 0 Å². The summed E-state index contributed by atoms with van der Waals surface area (Å²) in [4.78, 5) is 2.36. The lowest BCUT2D eigenvalue weighted by atomic mass is 10.2. The average Bonchev–Trinajstić information content (AvgIpc) is 2.66. The van der Waals surface area contributed by atoms with Crippen LogP contribution in [0.15, 0.2) is 27.6 Å². The molecule has 2 rings (SSSR count). The van der Waals surface area contributed by atoms with Crippen molar-refractivity contribution in [1.82, 2.24) is 9.62 Å². The van der Waals surface area contributed by atoms with Gasteiger partial charge in [-0.25, -0.2) is 17.5 Å². The number of likely N-dealkylation sites (tertiary alicyclic amines) is 1.